The number of nitrogens with two attached hydrogens (primary N) is 1. The van der Waals surface area contributed by atoms with Crippen LogP contribution < -0.4 is 11.3 Å². The van der Waals surface area contributed by atoms with E-state index in [4.69, 9.17) is 17.4 Å². The maximum Gasteiger partial charge on any atom is 0.126 e. The zero-order valence-corrected chi connectivity index (χ0v) is 13.8. The predicted molar refractivity (Wildman–Crippen MR) is 88.8 cm³/mol. The third-order valence-electron chi connectivity index (χ3n) is 3.87. The standard InChI is InChI=1S/C17H28ClFN2/c1-2-3-4-5-6-7-8-9-16(21-20)13-14-12-15(18)10-11-17(14)19/h10-12,16,21H,2-9,13,20H2,1H3. The fraction of sp³-hybridized carbons (Fsp3) is 0.647. The monoisotopic (exact) mass is 314 g/mol. The van der Waals surface area contributed by atoms with Gasteiger partial charge >= 0.3 is 0 Å². The van der Waals surface area contributed by atoms with Gasteiger partial charge in [-0.25, -0.2) is 4.39 Å². The lowest BCUT2D eigenvalue weighted by atomic mass is 9.99. The lowest BCUT2D eigenvalue weighted by Crippen LogP contribution is -2.36. The van der Waals surface area contributed by atoms with Crippen molar-refractivity contribution in [2.24, 2.45) is 5.84 Å². The van der Waals surface area contributed by atoms with Crippen LogP contribution in [0.2, 0.25) is 5.02 Å². The number of hydrazine groups is 1. The lowest BCUT2D eigenvalue weighted by molar-refractivity contribution is 0.451. The zero-order valence-electron chi connectivity index (χ0n) is 13.0. The highest BCUT2D eigenvalue weighted by Gasteiger charge is 2.11. The molecule has 120 valence electrons. The summed E-state index contributed by atoms with van der Waals surface area (Å²) >= 11 is 5.91. The van der Waals surface area contributed by atoms with Crippen molar-refractivity contribution in [2.45, 2.75) is 70.8 Å². The Kier molecular flexibility index (Phi) is 9.64. The quantitative estimate of drug-likeness (QED) is 0.343. The molecule has 0 spiro atoms. The topological polar surface area (TPSA) is 38.0 Å². The van der Waals surface area contributed by atoms with Crippen molar-refractivity contribution in [3.63, 3.8) is 0 Å². The Morgan fingerprint density at radius 1 is 1.14 bits per heavy atom. The van der Waals surface area contributed by atoms with Gasteiger partial charge in [0, 0.05) is 11.1 Å². The van der Waals surface area contributed by atoms with E-state index in [0.717, 1.165) is 12.8 Å². The number of halogens is 2. The van der Waals surface area contributed by atoms with E-state index in [9.17, 15) is 4.39 Å². The van der Waals surface area contributed by atoms with Gasteiger partial charge in [0.15, 0.2) is 0 Å². The Labute approximate surface area is 133 Å². The summed E-state index contributed by atoms with van der Waals surface area (Å²) in [7, 11) is 0. The molecule has 0 aromatic heterocycles. The molecule has 1 aromatic rings. The number of unbranched alkanes of at least 4 members (excludes halogenated alkanes) is 6. The maximum atomic E-state index is 13.7. The summed E-state index contributed by atoms with van der Waals surface area (Å²) in [4.78, 5) is 0. The molecule has 1 atom stereocenters. The molecular weight excluding hydrogens is 287 g/mol. The van der Waals surface area contributed by atoms with Gasteiger partial charge in [0.25, 0.3) is 0 Å². The van der Waals surface area contributed by atoms with Crippen LogP contribution in [-0.2, 0) is 6.42 Å². The molecule has 0 saturated heterocycles. The Balaban J connectivity index is 2.27. The van der Waals surface area contributed by atoms with Gasteiger partial charge in [-0.15, -0.1) is 0 Å². The highest BCUT2D eigenvalue weighted by molar-refractivity contribution is 6.30. The van der Waals surface area contributed by atoms with E-state index in [-0.39, 0.29) is 11.9 Å². The molecular formula is C17H28ClFN2. The number of benzene rings is 1. The Morgan fingerprint density at radius 3 is 2.48 bits per heavy atom. The first-order valence-corrected chi connectivity index (χ1v) is 8.45. The van der Waals surface area contributed by atoms with Crippen LogP contribution >= 0.6 is 11.6 Å². The summed E-state index contributed by atoms with van der Waals surface area (Å²) in [5, 5.41) is 0.568. The summed E-state index contributed by atoms with van der Waals surface area (Å²) < 4.78 is 13.7. The van der Waals surface area contributed by atoms with Gasteiger partial charge in [0.05, 0.1) is 0 Å². The highest BCUT2D eigenvalue weighted by Crippen LogP contribution is 2.18. The van der Waals surface area contributed by atoms with Crippen LogP contribution in [0, 0.1) is 5.82 Å². The van der Waals surface area contributed by atoms with Crippen molar-refractivity contribution in [1.82, 2.24) is 5.43 Å². The van der Waals surface area contributed by atoms with Crippen LogP contribution in [0.3, 0.4) is 0 Å². The van der Waals surface area contributed by atoms with Crippen molar-refractivity contribution in [3.8, 4) is 0 Å². The van der Waals surface area contributed by atoms with Crippen LogP contribution in [0.4, 0.5) is 4.39 Å². The molecule has 0 aliphatic rings. The first-order chi connectivity index (χ1) is 10.2. The van der Waals surface area contributed by atoms with Crippen molar-refractivity contribution < 1.29 is 4.39 Å². The van der Waals surface area contributed by atoms with Crippen LogP contribution in [0.5, 0.6) is 0 Å². The third-order valence-corrected chi connectivity index (χ3v) is 4.10. The van der Waals surface area contributed by atoms with E-state index in [1.54, 1.807) is 12.1 Å². The molecule has 1 aromatic carbocycles. The average molecular weight is 315 g/mol. The Bertz CT molecular complexity index is 398. The fourth-order valence-electron chi connectivity index (χ4n) is 2.56. The second-order valence-electron chi connectivity index (χ2n) is 5.71. The van der Waals surface area contributed by atoms with Gasteiger partial charge in [-0.2, -0.15) is 0 Å². The predicted octanol–water partition coefficient (Wildman–Crippen LogP) is 4.99. The van der Waals surface area contributed by atoms with Gasteiger partial charge < -0.3 is 0 Å². The molecule has 0 saturated carbocycles. The summed E-state index contributed by atoms with van der Waals surface area (Å²) in [6.07, 6.45) is 10.5. The zero-order chi connectivity index (χ0) is 15.5. The van der Waals surface area contributed by atoms with E-state index < -0.39 is 0 Å². The number of rotatable bonds is 11. The van der Waals surface area contributed by atoms with Crippen molar-refractivity contribution >= 4 is 11.6 Å². The van der Waals surface area contributed by atoms with Gasteiger partial charge in [0.1, 0.15) is 5.82 Å². The first kappa shape index (κ1) is 18.4. The first-order valence-electron chi connectivity index (χ1n) is 8.07. The fourth-order valence-corrected chi connectivity index (χ4v) is 2.75. The highest BCUT2D eigenvalue weighted by atomic mass is 35.5. The third kappa shape index (κ3) is 7.79. The number of hydrogen-bond acceptors (Lipinski definition) is 2. The smallest absolute Gasteiger partial charge is 0.126 e. The van der Waals surface area contributed by atoms with E-state index >= 15 is 0 Å². The normalized spacial score (nSPS) is 12.6. The molecule has 1 rings (SSSR count). The molecule has 0 radical (unpaired) electrons. The number of hydrogen-bond donors (Lipinski definition) is 2. The molecule has 4 heteroatoms. The molecule has 21 heavy (non-hydrogen) atoms. The second kappa shape index (κ2) is 11.0. The Hall–Kier alpha value is -0.640. The molecule has 3 N–H and O–H groups in total. The van der Waals surface area contributed by atoms with Gasteiger partial charge in [-0.1, -0.05) is 63.5 Å². The lowest BCUT2D eigenvalue weighted by Gasteiger charge is -2.16. The van der Waals surface area contributed by atoms with Crippen LogP contribution in [0.1, 0.15) is 63.9 Å². The number of nitrogens with one attached hydrogen (secondary N) is 1. The molecule has 0 heterocycles. The van der Waals surface area contributed by atoms with Crippen molar-refractivity contribution in [1.29, 1.82) is 0 Å². The molecule has 0 aliphatic carbocycles. The maximum absolute atomic E-state index is 13.7. The minimum absolute atomic E-state index is 0.105. The van der Waals surface area contributed by atoms with E-state index in [0.29, 0.717) is 17.0 Å². The minimum Gasteiger partial charge on any atom is -0.271 e. The average Bonchev–Trinajstić information content (AvgIpc) is 2.48. The molecule has 0 amide bonds. The summed E-state index contributed by atoms with van der Waals surface area (Å²) in [5.41, 5.74) is 3.43. The van der Waals surface area contributed by atoms with Crippen molar-refractivity contribution in [3.05, 3.63) is 34.6 Å². The summed E-state index contributed by atoms with van der Waals surface area (Å²) in [6.45, 7) is 2.23. The van der Waals surface area contributed by atoms with E-state index in [1.165, 1.54) is 44.6 Å². The minimum atomic E-state index is -0.209. The molecule has 2 nitrogen and oxygen atoms in total. The van der Waals surface area contributed by atoms with Crippen LogP contribution in [0.25, 0.3) is 0 Å². The second-order valence-corrected chi connectivity index (χ2v) is 6.15. The van der Waals surface area contributed by atoms with Crippen LogP contribution in [-0.4, -0.2) is 6.04 Å². The van der Waals surface area contributed by atoms with E-state index in [2.05, 4.69) is 12.3 Å². The van der Waals surface area contributed by atoms with Crippen molar-refractivity contribution in [2.75, 3.05) is 0 Å². The SMILES string of the molecule is CCCCCCCCCC(Cc1cc(Cl)ccc1F)NN. The van der Waals surface area contributed by atoms with Gasteiger partial charge in [-0.05, 0) is 36.6 Å². The van der Waals surface area contributed by atoms with Gasteiger partial charge in [0.2, 0.25) is 0 Å². The molecule has 0 aliphatic heterocycles. The largest absolute Gasteiger partial charge is 0.271 e. The van der Waals surface area contributed by atoms with Gasteiger partial charge in [-0.3, -0.25) is 11.3 Å². The summed E-state index contributed by atoms with van der Waals surface area (Å²) in [5.74, 6) is 5.37. The van der Waals surface area contributed by atoms with Crippen LogP contribution in [0.15, 0.2) is 18.2 Å². The Morgan fingerprint density at radius 2 is 1.81 bits per heavy atom. The summed E-state index contributed by atoms with van der Waals surface area (Å²) in [6, 6.07) is 4.78. The molecule has 0 fully saturated rings. The molecule has 0 bridgehead atoms. The molecule has 1 unspecified atom stereocenters. The van der Waals surface area contributed by atoms with E-state index in [1.807, 2.05) is 0 Å².